The lowest BCUT2D eigenvalue weighted by Gasteiger charge is -1.89. The van der Waals surface area contributed by atoms with Gasteiger partial charge in [-0.3, -0.25) is 0 Å². The molecule has 1 aromatic carbocycles. The van der Waals surface area contributed by atoms with Gasteiger partial charge in [0.25, 0.3) is 0 Å². The molecule has 0 unspecified atom stereocenters. The lowest BCUT2D eigenvalue weighted by molar-refractivity contribution is 0.600. The molecule has 0 bridgehead atoms. The summed E-state index contributed by atoms with van der Waals surface area (Å²) in [5.41, 5.74) is 1.11. The predicted octanol–water partition coefficient (Wildman–Crippen LogP) is 1.86. The molecule has 0 amide bonds. The topological polar surface area (TPSA) is 60.2 Å². The summed E-state index contributed by atoms with van der Waals surface area (Å²) in [6.07, 6.45) is 0. The molecular formula is C9H9NO2S2. The molecule has 2 rings (SSSR count). The minimum atomic E-state index is -3.56. The van der Waals surface area contributed by atoms with Gasteiger partial charge in [0.15, 0.2) is 0 Å². The third-order valence-corrected chi connectivity index (χ3v) is 4.45. The first-order chi connectivity index (χ1) is 6.47. The highest BCUT2D eigenvalue weighted by Crippen LogP contribution is 2.28. The molecule has 1 aromatic heterocycles. The Morgan fingerprint density at radius 1 is 1.29 bits per heavy atom. The summed E-state index contributed by atoms with van der Waals surface area (Å²) in [6.45, 7) is 1.97. The smallest absolute Gasteiger partial charge is 0.224 e. The Hall–Kier alpha value is -0.910. The molecule has 0 spiro atoms. The van der Waals surface area contributed by atoms with E-state index in [0.717, 1.165) is 15.6 Å². The molecule has 5 heteroatoms. The van der Waals surface area contributed by atoms with E-state index in [4.69, 9.17) is 5.14 Å². The molecule has 0 aliphatic carbocycles. The molecule has 0 atom stereocenters. The third-order valence-electron chi connectivity index (χ3n) is 1.93. The van der Waals surface area contributed by atoms with E-state index < -0.39 is 10.0 Å². The van der Waals surface area contributed by atoms with Crippen LogP contribution >= 0.6 is 11.3 Å². The summed E-state index contributed by atoms with van der Waals surface area (Å²) in [5.74, 6) is 0. The molecule has 0 fully saturated rings. The number of rotatable bonds is 1. The average Bonchev–Trinajstić information content (AvgIpc) is 2.45. The van der Waals surface area contributed by atoms with Crippen molar-refractivity contribution < 1.29 is 8.42 Å². The number of benzene rings is 1. The van der Waals surface area contributed by atoms with Crippen molar-refractivity contribution in [1.82, 2.24) is 0 Å². The fourth-order valence-electron chi connectivity index (χ4n) is 1.25. The highest BCUT2D eigenvalue weighted by molar-refractivity contribution is 7.91. The Balaban J connectivity index is 2.75. The van der Waals surface area contributed by atoms with Crippen LogP contribution in [0.3, 0.4) is 0 Å². The van der Waals surface area contributed by atoms with Crippen molar-refractivity contribution in [3.8, 4) is 0 Å². The van der Waals surface area contributed by atoms with E-state index in [9.17, 15) is 8.42 Å². The standard InChI is InChI=1S/C9H9NO2S2/c1-6-2-3-7-5-9(14(10,11)12)13-8(7)4-6/h2-5H,1H3,(H2,10,11,12). The minimum absolute atomic E-state index is 0.220. The lowest BCUT2D eigenvalue weighted by Crippen LogP contribution is -2.09. The van der Waals surface area contributed by atoms with Crippen LogP contribution in [0.2, 0.25) is 0 Å². The first kappa shape index (κ1) is 9.64. The largest absolute Gasteiger partial charge is 0.247 e. The van der Waals surface area contributed by atoms with Crippen LogP contribution in [0.4, 0.5) is 0 Å². The van der Waals surface area contributed by atoms with Crippen molar-refractivity contribution in [3.05, 3.63) is 29.8 Å². The molecule has 3 nitrogen and oxygen atoms in total. The number of fused-ring (bicyclic) bond motifs is 1. The van der Waals surface area contributed by atoms with Crippen molar-refractivity contribution in [2.45, 2.75) is 11.1 Å². The zero-order chi connectivity index (χ0) is 10.3. The zero-order valence-corrected chi connectivity index (χ0v) is 9.15. The molecule has 2 N–H and O–H groups in total. The molecule has 74 valence electrons. The number of hydrogen-bond donors (Lipinski definition) is 1. The first-order valence-electron chi connectivity index (χ1n) is 4.00. The van der Waals surface area contributed by atoms with Crippen LogP contribution in [-0.4, -0.2) is 8.42 Å². The Bertz CT molecular complexity index is 584. The summed E-state index contributed by atoms with van der Waals surface area (Å²) in [4.78, 5) is 0. The van der Waals surface area contributed by atoms with E-state index in [2.05, 4.69) is 0 Å². The second-order valence-corrected chi connectivity index (χ2v) is 6.02. The monoisotopic (exact) mass is 227 g/mol. The van der Waals surface area contributed by atoms with Gasteiger partial charge in [0.05, 0.1) is 0 Å². The molecule has 0 aliphatic rings. The van der Waals surface area contributed by atoms with Crippen LogP contribution in [0, 0.1) is 6.92 Å². The number of thiophene rings is 1. The second kappa shape index (κ2) is 3.05. The van der Waals surface area contributed by atoms with Gasteiger partial charge >= 0.3 is 0 Å². The maximum atomic E-state index is 11.1. The number of nitrogens with two attached hydrogens (primary N) is 1. The molecular weight excluding hydrogens is 218 g/mol. The summed E-state index contributed by atoms with van der Waals surface area (Å²) in [7, 11) is -3.56. The molecule has 0 saturated heterocycles. The summed E-state index contributed by atoms with van der Waals surface area (Å²) in [6, 6.07) is 7.40. The Labute approximate surface area is 86.2 Å². The highest BCUT2D eigenvalue weighted by atomic mass is 32.2. The zero-order valence-electron chi connectivity index (χ0n) is 7.52. The van der Waals surface area contributed by atoms with Gasteiger partial charge in [0.1, 0.15) is 4.21 Å². The SMILES string of the molecule is Cc1ccc2cc(S(N)(=O)=O)sc2c1. The molecule has 1 heterocycles. The summed E-state index contributed by atoms with van der Waals surface area (Å²) < 4.78 is 23.3. The lowest BCUT2D eigenvalue weighted by atomic mass is 10.2. The highest BCUT2D eigenvalue weighted by Gasteiger charge is 2.11. The van der Waals surface area contributed by atoms with Gasteiger partial charge in [-0.15, -0.1) is 11.3 Å². The maximum Gasteiger partial charge on any atom is 0.247 e. The van der Waals surface area contributed by atoms with E-state index in [1.165, 1.54) is 11.3 Å². The first-order valence-corrected chi connectivity index (χ1v) is 6.36. The quantitative estimate of drug-likeness (QED) is 0.808. The maximum absolute atomic E-state index is 11.1. The summed E-state index contributed by atoms with van der Waals surface area (Å²) in [5, 5.41) is 5.96. The molecule has 14 heavy (non-hydrogen) atoms. The molecule has 0 aliphatic heterocycles. The van der Waals surface area contributed by atoms with Crippen LogP contribution in [-0.2, 0) is 10.0 Å². The van der Waals surface area contributed by atoms with Gasteiger partial charge in [0.2, 0.25) is 10.0 Å². The van der Waals surface area contributed by atoms with Crippen LogP contribution in [0.25, 0.3) is 10.1 Å². The fraction of sp³-hybridized carbons (Fsp3) is 0.111. The van der Waals surface area contributed by atoms with Gasteiger partial charge in [0, 0.05) is 4.70 Å². The predicted molar refractivity (Wildman–Crippen MR) is 57.9 cm³/mol. The Kier molecular flexibility index (Phi) is 2.10. The van der Waals surface area contributed by atoms with Crippen LogP contribution in [0.1, 0.15) is 5.56 Å². The van der Waals surface area contributed by atoms with Gasteiger partial charge in [-0.1, -0.05) is 12.1 Å². The Morgan fingerprint density at radius 3 is 2.64 bits per heavy atom. The normalized spacial score (nSPS) is 12.1. The van der Waals surface area contributed by atoms with Crippen molar-refractivity contribution in [3.63, 3.8) is 0 Å². The van der Waals surface area contributed by atoms with E-state index in [0.29, 0.717) is 0 Å². The Morgan fingerprint density at radius 2 is 2.00 bits per heavy atom. The summed E-state index contributed by atoms with van der Waals surface area (Å²) >= 11 is 1.21. The van der Waals surface area contributed by atoms with Crippen molar-refractivity contribution in [2.24, 2.45) is 5.14 Å². The van der Waals surface area contributed by atoms with E-state index in [1.54, 1.807) is 6.07 Å². The van der Waals surface area contributed by atoms with Gasteiger partial charge in [-0.05, 0) is 30.0 Å². The average molecular weight is 227 g/mol. The number of hydrogen-bond acceptors (Lipinski definition) is 3. The number of sulfonamides is 1. The van der Waals surface area contributed by atoms with Crippen LogP contribution < -0.4 is 5.14 Å². The van der Waals surface area contributed by atoms with Crippen LogP contribution in [0.5, 0.6) is 0 Å². The van der Waals surface area contributed by atoms with Gasteiger partial charge in [-0.2, -0.15) is 0 Å². The van der Waals surface area contributed by atoms with E-state index >= 15 is 0 Å². The van der Waals surface area contributed by atoms with Crippen molar-refractivity contribution in [1.29, 1.82) is 0 Å². The molecule has 0 radical (unpaired) electrons. The van der Waals surface area contributed by atoms with Gasteiger partial charge < -0.3 is 0 Å². The number of aryl methyl sites for hydroxylation is 1. The molecule has 0 saturated carbocycles. The van der Waals surface area contributed by atoms with Crippen molar-refractivity contribution in [2.75, 3.05) is 0 Å². The van der Waals surface area contributed by atoms with Crippen LogP contribution in [0.15, 0.2) is 28.5 Å². The number of primary sulfonamides is 1. The minimum Gasteiger partial charge on any atom is -0.224 e. The van der Waals surface area contributed by atoms with E-state index in [-0.39, 0.29) is 4.21 Å². The fourth-order valence-corrected chi connectivity index (χ4v) is 3.17. The third kappa shape index (κ3) is 1.66. The van der Waals surface area contributed by atoms with Crippen molar-refractivity contribution >= 4 is 31.4 Å². The second-order valence-electron chi connectivity index (χ2n) is 3.15. The van der Waals surface area contributed by atoms with Gasteiger partial charge in [-0.25, -0.2) is 13.6 Å². The molecule has 2 aromatic rings. The van der Waals surface area contributed by atoms with E-state index in [1.807, 2.05) is 25.1 Å².